The van der Waals surface area contributed by atoms with E-state index in [0.717, 1.165) is 0 Å². The molecule has 0 aliphatic carbocycles. The average molecular weight is 677 g/mol. The number of nitrogen functional groups attached to an aromatic ring is 2. The molecule has 0 saturated carbocycles. The first-order chi connectivity index (χ1) is 20.9. The van der Waals surface area contributed by atoms with E-state index in [0.29, 0.717) is 0 Å². The number of aliphatic hydroxyl groups is 1. The van der Waals surface area contributed by atoms with E-state index < -0.39 is 77.1 Å². The van der Waals surface area contributed by atoms with Crippen molar-refractivity contribution in [3.63, 3.8) is 0 Å². The predicted octanol–water partition coefficient (Wildman–Crippen LogP) is 0.296. The molecule has 6 N–H and O–H groups in total. The summed E-state index contributed by atoms with van der Waals surface area (Å²) < 4.78 is 67.0. The van der Waals surface area contributed by atoms with Crippen LogP contribution >= 0.6 is 27.0 Å². The molecule has 4 aromatic rings. The summed E-state index contributed by atoms with van der Waals surface area (Å²) in [4.78, 5) is 35.6. The quantitative estimate of drug-likeness (QED) is 0.141. The van der Waals surface area contributed by atoms with Gasteiger partial charge in [0.15, 0.2) is 0 Å². The summed E-state index contributed by atoms with van der Waals surface area (Å²) >= 11 is 4.10. The zero-order valence-electron chi connectivity index (χ0n) is 22.6. The fourth-order valence-electron chi connectivity index (χ4n) is 5.37. The third-order valence-electron chi connectivity index (χ3n) is 7.43. The van der Waals surface area contributed by atoms with Crippen LogP contribution in [0.4, 0.5) is 16.0 Å². The van der Waals surface area contributed by atoms with Gasteiger partial charge in [-0.05, 0) is 0 Å². The molecule has 44 heavy (non-hydrogen) atoms. The van der Waals surface area contributed by atoms with E-state index in [1.807, 2.05) is 0 Å². The first-order valence-electron chi connectivity index (χ1n) is 13.1. The van der Waals surface area contributed by atoms with Gasteiger partial charge >= 0.3 is 252 Å². The minimum absolute atomic E-state index is 0.0816. The number of nitrogens with zero attached hydrogens (tertiary/aromatic N) is 8. The van der Waals surface area contributed by atoms with E-state index >= 15 is 4.39 Å². The van der Waals surface area contributed by atoms with E-state index in [2.05, 4.69) is 42.2 Å². The van der Waals surface area contributed by atoms with Crippen LogP contribution in [0, 0.1) is 0 Å². The van der Waals surface area contributed by atoms with Crippen molar-refractivity contribution in [1.82, 2.24) is 39.0 Å². The molecule has 238 valence electrons. The monoisotopic (exact) mass is 676 g/mol. The number of thiol groups is 1. The summed E-state index contributed by atoms with van der Waals surface area (Å²) in [6.45, 7) is -4.03. The summed E-state index contributed by atoms with van der Waals surface area (Å²) in [7, 11) is -4.15. The number of aromatic nitrogens is 8. The Balaban J connectivity index is 1.20. The van der Waals surface area contributed by atoms with Crippen molar-refractivity contribution in [2.75, 3.05) is 31.3 Å². The van der Waals surface area contributed by atoms with E-state index in [1.54, 1.807) is 0 Å². The van der Waals surface area contributed by atoms with E-state index in [9.17, 15) is 14.6 Å². The van der Waals surface area contributed by atoms with Crippen molar-refractivity contribution < 1.29 is 46.5 Å². The van der Waals surface area contributed by atoms with Gasteiger partial charge in [-0.2, -0.15) is 0 Å². The number of alkyl halides is 1. The minimum atomic E-state index is -4.31. The van der Waals surface area contributed by atoms with Crippen molar-refractivity contribution in [2.45, 2.75) is 49.1 Å². The molecule has 9 atom stereocenters. The van der Waals surface area contributed by atoms with Crippen molar-refractivity contribution in [3.05, 3.63) is 25.3 Å². The van der Waals surface area contributed by atoms with Crippen LogP contribution in [0.15, 0.2) is 25.3 Å². The van der Waals surface area contributed by atoms with Crippen LogP contribution in [0.2, 0.25) is 0 Å². The first-order valence-corrected chi connectivity index (χ1v) is 18.1. The third kappa shape index (κ3) is 5.21. The number of rotatable bonds is 2. The number of aliphatic hydroxyl groups excluding tert-OH is 1. The summed E-state index contributed by atoms with van der Waals surface area (Å²) in [6, 6.07) is 0. The Morgan fingerprint density at radius 3 is 2.18 bits per heavy atom. The Morgan fingerprint density at radius 2 is 1.55 bits per heavy atom. The van der Waals surface area contributed by atoms with Crippen LogP contribution in [-0.4, -0.2) is 106 Å². The molecule has 0 spiro atoms. The molecule has 3 saturated heterocycles. The fourth-order valence-corrected chi connectivity index (χ4v) is 8.16. The number of nitrogens with two attached hydrogens (primary N) is 2. The van der Waals surface area contributed by atoms with Gasteiger partial charge in [0.1, 0.15) is 0 Å². The van der Waals surface area contributed by atoms with Crippen LogP contribution in [0.25, 0.3) is 22.3 Å². The molecule has 3 aliphatic rings. The molecule has 4 aromatic heterocycles. The normalized spacial score (nSPS) is 36.8. The Labute approximate surface area is 252 Å². The number of ether oxygens (including phenoxy) is 2. The van der Waals surface area contributed by atoms with Crippen LogP contribution in [0.3, 0.4) is 0 Å². The van der Waals surface area contributed by atoms with Crippen molar-refractivity contribution in [1.29, 1.82) is 0 Å². The van der Waals surface area contributed by atoms with Gasteiger partial charge in [-0.1, -0.05) is 0 Å². The zero-order chi connectivity index (χ0) is 31.0. The number of anilines is 2. The number of hydrogen-bond acceptors (Lipinski definition) is 17. The summed E-state index contributed by atoms with van der Waals surface area (Å²) in [5.74, 6) is 0.183. The van der Waals surface area contributed by atoms with Crippen molar-refractivity contribution in [2.24, 2.45) is 0 Å². The zero-order valence-corrected chi connectivity index (χ0v) is 25.4. The van der Waals surface area contributed by atoms with Gasteiger partial charge in [0.05, 0.1) is 0 Å². The molecular weight excluding hydrogens is 649 g/mol. The Morgan fingerprint density at radius 1 is 0.955 bits per heavy atom. The molecule has 2 bridgehead atoms. The molecule has 3 aliphatic heterocycles. The fraction of sp³-hybridized carbons (Fsp3) is 0.524. The molecule has 19 nitrogen and oxygen atoms in total. The molecule has 3 fully saturated rings. The summed E-state index contributed by atoms with van der Waals surface area (Å²) in [5.41, 5.74) is 12.7. The molecule has 7 heterocycles. The van der Waals surface area contributed by atoms with Gasteiger partial charge in [0, 0.05) is 0 Å². The Hall–Kier alpha value is -2.68. The number of hydrogen-bond donors (Lipinski definition) is 5. The Kier molecular flexibility index (Phi) is 7.49. The predicted molar refractivity (Wildman–Crippen MR) is 153 cm³/mol. The summed E-state index contributed by atoms with van der Waals surface area (Å²) in [6.07, 6.45) is -6.12. The topological polar surface area (TPSA) is 252 Å². The van der Waals surface area contributed by atoms with Crippen LogP contribution in [0.5, 0.6) is 0 Å². The van der Waals surface area contributed by atoms with Crippen LogP contribution in [-0.2, 0) is 32.1 Å². The van der Waals surface area contributed by atoms with Crippen molar-refractivity contribution >= 4 is 61.0 Å². The molecule has 23 heteroatoms. The van der Waals surface area contributed by atoms with Gasteiger partial charge in [-0.15, -0.1) is 0 Å². The molecule has 0 aromatic carbocycles. The standard InChI is InChI=1S/C21H27FN10O9P2S/c1-42(34)36-2-8-13(33)15(21(38-8)32-7-30-12-17(24)26-5-28-19(12)32)41-43(35,44)37-3-9-14(40-42)10(22)20(39-9)31-6-29-11-16(23)25-4-27-18(11)31/h4-10,13-15,20-21,33-34,42H,2-3H2,1H3,(H,35,44)(H2,23,25,27)(H2,24,26,28)/t8-,9-,10-,13-,14-,15-,20-,21-,43+/m1/s1. The van der Waals surface area contributed by atoms with Gasteiger partial charge in [0.2, 0.25) is 0 Å². The number of fused-ring (bicyclic) bond motifs is 5. The first kappa shape index (κ1) is 30.0. The third-order valence-corrected chi connectivity index (χ3v) is 10.5. The van der Waals surface area contributed by atoms with Crippen LogP contribution in [0.1, 0.15) is 12.5 Å². The molecule has 0 amide bonds. The second-order valence-corrected chi connectivity index (χ2v) is 15.6. The van der Waals surface area contributed by atoms with E-state index in [-0.39, 0.29) is 34.0 Å². The second kappa shape index (κ2) is 11.0. The maximum atomic E-state index is 16.1. The number of halogens is 1. The second-order valence-electron chi connectivity index (χ2n) is 10.4. The Bertz CT molecular complexity index is 1770. The van der Waals surface area contributed by atoms with Gasteiger partial charge in [-0.3, -0.25) is 0 Å². The van der Waals surface area contributed by atoms with Gasteiger partial charge in [-0.25, -0.2) is 0 Å². The van der Waals surface area contributed by atoms with Gasteiger partial charge in [0.25, 0.3) is 0 Å². The van der Waals surface area contributed by atoms with E-state index in [1.165, 1.54) is 41.1 Å². The van der Waals surface area contributed by atoms with Crippen molar-refractivity contribution in [3.8, 4) is 0 Å². The van der Waals surface area contributed by atoms with E-state index in [4.69, 9.17) is 39.0 Å². The molecule has 7 rings (SSSR count). The number of imidazole rings is 2. The molecular formula is C21H27FN10O9P2S. The molecule has 0 unspecified atom stereocenters. The SMILES string of the molecule is C[PH]1(O)OC[C@H]2O[C@@H](n3cnc4c(N)ncnc43)[C@H](O[P@@](=O)(S)OC[C@H]3O[C@@H](n4cnc5c(N)ncnc54)[C@H](F)[C@@H]3O1)[C@@H]2O. The summed E-state index contributed by atoms with van der Waals surface area (Å²) in [5, 5.41) is 11.2. The van der Waals surface area contributed by atoms with Crippen LogP contribution < -0.4 is 11.5 Å². The van der Waals surface area contributed by atoms with Gasteiger partial charge < -0.3 is 0 Å². The maximum absolute atomic E-state index is 16.1. The average Bonchev–Trinajstić information content (AvgIpc) is 3.73. The molecule has 0 radical (unpaired) electrons.